The van der Waals surface area contributed by atoms with Crippen molar-refractivity contribution in [2.75, 3.05) is 18.5 Å². The first-order chi connectivity index (χ1) is 10.1. The van der Waals surface area contributed by atoms with E-state index >= 15 is 0 Å². The van der Waals surface area contributed by atoms with Crippen LogP contribution in [-0.4, -0.2) is 19.6 Å². The lowest BCUT2D eigenvalue weighted by molar-refractivity contribution is 0.527. The molecule has 1 aromatic carbocycles. The summed E-state index contributed by atoms with van der Waals surface area (Å²) in [5.41, 5.74) is 2.70. The number of hydrogen-bond acceptors (Lipinski definition) is 2. The highest BCUT2D eigenvalue weighted by atomic mass is 35.5. The van der Waals surface area contributed by atoms with Crippen LogP contribution in [0.1, 0.15) is 51.5 Å². The quantitative estimate of drug-likeness (QED) is 0.774. The molecule has 0 aliphatic heterocycles. The normalized spacial score (nSPS) is 15.9. The van der Waals surface area contributed by atoms with Crippen LogP contribution in [0.4, 0.5) is 5.69 Å². The zero-order valence-electron chi connectivity index (χ0n) is 13.7. The molecular weight excluding hydrogens is 280 g/mol. The molecule has 1 saturated carbocycles. The third-order valence-electron chi connectivity index (χ3n) is 4.43. The smallest absolute Gasteiger partial charge is 0.0415 e. The monoisotopic (exact) mass is 308 g/mol. The van der Waals surface area contributed by atoms with Gasteiger partial charge in [-0.05, 0) is 56.0 Å². The molecule has 1 fully saturated rings. The largest absolute Gasteiger partial charge is 0.368 e. The summed E-state index contributed by atoms with van der Waals surface area (Å²) in [5, 5.41) is 4.11. The van der Waals surface area contributed by atoms with E-state index in [1.54, 1.807) is 0 Å². The van der Waals surface area contributed by atoms with E-state index < -0.39 is 0 Å². The number of rotatable bonds is 7. The van der Waals surface area contributed by atoms with Gasteiger partial charge in [0, 0.05) is 29.8 Å². The molecule has 0 atom stereocenters. The lowest BCUT2D eigenvalue weighted by Gasteiger charge is -2.33. The fourth-order valence-corrected chi connectivity index (χ4v) is 3.47. The molecule has 2 nitrogen and oxygen atoms in total. The number of nitrogens with one attached hydrogen (secondary N) is 1. The van der Waals surface area contributed by atoms with Crippen molar-refractivity contribution in [3.05, 3.63) is 28.8 Å². The van der Waals surface area contributed by atoms with Crippen molar-refractivity contribution in [2.45, 2.75) is 58.5 Å². The number of anilines is 1. The van der Waals surface area contributed by atoms with Gasteiger partial charge >= 0.3 is 0 Å². The van der Waals surface area contributed by atoms with Crippen molar-refractivity contribution in [2.24, 2.45) is 5.92 Å². The van der Waals surface area contributed by atoms with E-state index in [2.05, 4.69) is 36.2 Å². The highest BCUT2D eigenvalue weighted by Crippen LogP contribution is 2.32. The van der Waals surface area contributed by atoms with Crippen LogP contribution in [0.2, 0.25) is 5.02 Å². The zero-order chi connectivity index (χ0) is 15.2. The van der Waals surface area contributed by atoms with Gasteiger partial charge in [-0.1, -0.05) is 38.3 Å². The number of halogens is 1. The lowest BCUT2D eigenvalue weighted by Crippen LogP contribution is -2.35. The second-order valence-electron chi connectivity index (χ2n) is 6.62. The topological polar surface area (TPSA) is 15.3 Å². The molecule has 0 radical (unpaired) electrons. The minimum absolute atomic E-state index is 0.709. The van der Waals surface area contributed by atoms with Crippen LogP contribution in [0.5, 0.6) is 0 Å². The van der Waals surface area contributed by atoms with Crippen LogP contribution in [-0.2, 0) is 6.54 Å². The van der Waals surface area contributed by atoms with Gasteiger partial charge in [-0.2, -0.15) is 0 Å². The molecule has 0 aromatic heterocycles. The van der Waals surface area contributed by atoms with E-state index in [9.17, 15) is 0 Å². The van der Waals surface area contributed by atoms with Crippen molar-refractivity contribution in [1.82, 2.24) is 5.32 Å². The first kappa shape index (κ1) is 16.6. The molecule has 0 amide bonds. The van der Waals surface area contributed by atoms with Gasteiger partial charge in [0.05, 0.1) is 0 Å². The molecular formula is C18H29ClN2. The molecule has 3 heteroatoms. The number of benzene rings is 1. The minimum atomic E-state index is 0.709. The fraction of sp³-hybridized carbons (Fsp3) is 0.667. The van der Waals surface area contributed by atoms with Crippen molar-refractivity contribution in [3.63, 3.8) is 0 Å². The maximum absolute atomic E-state index is 6.20. The number of hydrogen-bond donors (Lipinski definition) is 1. The predicted octanol–water partition coefficient (Wildman–Crippen LogP) is 4.85. The summed E-state index contributed by atoms with van der Waals surface area (Å²) in [6.07, 6.45) is 6.66. The minimum Gasteiger partial charge on any atom is -0.368 e. The Kier molecular flexibility index (Phi) is 6.38. The predicted molar refractivity (Wildman–Crippen MR) is 93.3 cm³/mol. The van der Waals surface area contributed by atoms with E-state index in [-0.39, 0.29) is 0 Å². The molecule has 0 heterocycles. The van der Waals surface area contributed by atoms with Gasteiger partial charge < -0.3 is 10.2 Å². The summed E-state index contributed by atoms with van der Waals surface area (Å²) < 4.78 is 0. The summed E-state index contributed by atoms with van der Waals surface area (Å²) in [4.78, 5) is 2.65. The van der Waals surface area contributed by atoms with Crippen molar-refractivity contribution in [3.8, 4) is 0 Å². The Balaban J connectivity index is 2.25. The Bertz CT molecular complexity index is 439. The van der Waals surface area contributed by atoms with Gasteiger partial charge in [0.15, 0.2) is 0 Å². The van der Waals surface area contributed by atoms with E-state index in [4.69, 9.17) is 11.6 Å². The molecule has 21 heavy (non-hydrogen) atoms. The van der Waals surface area contributed by atoms with Gasteiger partial charge in [0.25, 0.3) is 0 Å². The summed E-state index contributed by atoms with van der Waals surface area (Å²) in [6.45, 7) is 6.65. The van der Waals surface area contributed by atoms with Crippen LogP contribution in [0.25, 0.3) is 0 Å². The molecule has 0 bridgehead atoms. The van der Waals surface area contributed by atoms with Gasteiger partial charge in [0.2, 0.25) is 0 Å². The summed E-state index contributed by atoms with van der Waals surface area (Å²) >= 11 is 6.20. The Hall–Kier alpha value is -0.730. The number of nitrogens with zero attached hydrogens (tertiary/aromatic N) is 1. The van der Waals surface area contributed by atoms with E-state index in [0.717, 1.165) is 24.0 Å². The van der Waals surface area contributed by atoms with Crippen molar-refractivity contribution < 1.29 is 0 Å². The van der Waals surface area contributed by atoms with Gasteiger partial charge in [0.1, 0.15) is 0 Å². The molecule has 1 aliphatic rings. The van der Waals surface area contributed by atoms with Crippen molar-refractivity contribution in [1.29, 1.82) is 0 Å². The molecule has 1 N–H and O–H groups in total. The molecule has 1 aromatic rings. The summed E-state index contributed by atoms with van der Waals surface area (Å²) in [5.74, 6) is 0.744. The molecule has 1 aliphatic carbocycles. The average molecular weight is 309 g/mol. The van der Waals surface area contributed by atoms with Crippen LogP contribution >= 0.6 is 11.6 Å². The SMILES string of the molecule is CNCc1cc(Cl)ccc1N(CCC(C)C)C1CCCC1. The summed E-state index contributed by atoms with van der Waals surface area (Å²) in [6, 6.07) is 7.08. The van der Waals surface area contributed by atoms with Crippen LogP contribution in [0, 0.1) is 5.92 Å². The molecule has 2 rings (SSSR count). The molecule has 0 unspecified atom stereocenters. The second-order valence-corrected chi connectivity index (χ2v) is 7.05. The Morgan fingerprint density at radius 3 is 2.62 bits per heavy atom. The molecule has 118 valence electrons. The maximum atomic E-state index is 6.20. The van der Waals surface area contributed by atoms with Crippen molar-refractivity contribution >= 4 is 17.3 Å². The van der Waals surface area contributed by atoms with E-state index in [1.807, 2.05) is 13.1 Å². The van der Waals surface area contributed by atoms with Crippen LogP contribution in [0.15, 0.2) is 18.2 Å². The van der Waals surface area contributed by atoms with E-state index in [1.165, 1.54) is 43.4 Å². The van der Waals surface area contributed by atoms with Gasteiger partial charge in [-0.25, -0.2) is 0 Å². The second kappa shape index (κ2) is 8.05. The third kappa shape index (κ3) is 4.62. The Morgan fingerprint density at radius 2 is 2.00 bits per heavy atom. The first-order valence-corrected chi connectivity index (χ1v) is 8.69. The zero-order valence-corrected chi connectivity index (χ0v) is 14.4. The molecule has 0 spiro atoms. The Morgan fingerprint density at radius 1 is 1.29 bits per heavy atom. The van der Waals surface area contributed by atoms with E-state index in [0.29, 0.717) is 6.04 Å². The van der Waals surface area contributed by atoms with Crippen LogP contribution < -0.4 is 10.2 Å². The fourth-order valence-electron chi connectivity index (χ4n) is 3.28. The molecule has 0 saturated heterocycles. The highest BCUT2D eigenvalue weighted by Gasteiger charge is 2.24. The van der Waals surface area contributed by atoms with Crippen LogP contribution in [0.3, 0.4) is 0 Å². The standard InChI is InChI=1S/C18H29ClN2/c1-14(2)10-11-21(17-6-4-5-7-17)18-9-8-16(19)12-15(18)13-20-3/h8-9,12,14,17,20H,4-7,10-11,13H2,1-3H3. The highest BCUT2D eigenvalue weighted by molar-refractivity contribution is 6.30. The maximum Gasteiger partial charge on any atom is 0.0415 e. The third-order valence-corrected chi connectivity index (χ3v) is 4.67. The van der Waals surface area contributed by atoms with Gasteiger partial charge in [-0.3, -0.25) is 0 Å². The Labute approximate surface area is 134 Å². The average Bonchev–Trinajstić information content (AvgIpc) is 2.95. The van der Waals surface area contributed by atoms with Gasteiger partial charge in [-0.15, -0.1) is 0 Å². The summed E-state index contributed by atoms with van der Waals surface area (Å²) in [7, 11) is 2.00. The first-order valence-electron chi connectivity index (χ1n) is 8.31. The lowest BCUT2D eigenvalue weighted by atomic mass is 10.1.